The molecule has 15 heavy (non-hydrogen) atoms. The Balaban J connectivity index is 2.20. The topological polar surface area (TPSA) is 0 Å². The molecule has 0 aromatic carbocycles. The smallest absolute Gasteiger partial charge is 0.0174 e. The first-order valence-corrected chi connectivity index (χ1v) is 6.40. The van der Waals surface area contributed by atoms with Gasteiger partial charge in [0.2, 0.25) is 0 Å². The molecule has 0 radical (unpaired) electrons. The van der Waals surface area contributed by atoms with Gasteiger partial charge in [-0.15, -0.1) is 0 Å². The minimum atomic E-state index is 0.801. The van der Waals surface area contributed by atoms with E-state index in [0.717, 1.165) is 23.7 Å². The highest BCUT2D eigenvalue weighted by atomic mass is 14.4. The SMILES string of the molecule is C=C(C)C1CCC(C)C2CC=C(C)CC12. The third-order valence-electron chi connectivity index (χ3n) is 4.66. The van der Waals surface area contributed by atoms with Gasteiger partial charge in [0.05, 0.1) is 0 Å². The maximum Gasteiger partial charge on any atom is -0.0174 e. The Hall–Kier alpha value is -0.520. The van der Waals surface area contributed by atoms with Crippen molar-refractivity contribution in [1.29, 1.82) is 0 Å². The maximum absolute atomic E-state index is 4.20. The van der Waals surface area contributed by atoms with Crippen LogP contribution in [0.15, 0.2) is 23.8 Å². The van der Waals surface area contributed by atoms with E-state index in [1.807, 2.05) is 0 Å². The molecule has 0 N–H and O–H groups in total. The Morgan fingerprint density at radius 2 is 2.07 bits per heavy atom. The van der Waals surface area contributed by atoms with Gasteiger partial charge in [0.1, 0.15) is 0 Å². The molecule has 2 rings (SSSR count). The standard InChI is InChI=1S/C15H24/c1-10(2)13-8-6-12(4)14-7-5-11(3)9-15(13)14/h5,12-15H,1,6-9H2,2-4H3. The summed E-state index contributed by atoms with van der Waals surface area (Å²) in [6.07, 6.45) is 7.91. The predicted octanol–water partition coefficient (Wildman–Crippen LogP) is 4.58. The van der Waals surface area contributed by atoms with Crippen LogP contribution in [0.5, 0.6) is 0 Å². The molecule has 2 aliphatic carbocycles. The Labute approximate surface area is 94.5 Å². The highest BCUT2D eigenvalue weighted by molar-refractivity contribution is 5.13. The van der Waals surface area contributed by atoms with Crippen LogP contribution in [0.25, 0.3) is 0 Å². The fraction of sp³-hybridized carbons (Fsp3) is 0.733. The first kappa shape index (κ1) is 11.0. The summed E-state index contributed by atoms with van der Waals surface area (Å²) >= 11 is 0. The van der Waals surface area contributed by atoms with Gasteiger partial charge >= 0.3 is 0 Å². The van der Waals surface area contributed by atoms with Gasteiger partial charge in [-0.25, -0.2) is 0 Å². The summed E-state index contributed by atoms with van der Waals surface area (Å²) in [6, 6.07) is 0. The summed E-state index contributed by atoms with van der Waals surface area (Å²) in [5.74, 6) is 3.56. The highest BCUT2D eigenvalue weighted by Gasteiger charge is 2.38. The van der Waals surface area contributed by atoms with Crippen molar-refractivity contribution in [3.8, 4) is 0 Å². The van der Waals surface area contributed by atoms with Crippen molar-refractivity contribution in [2.45, 2.75) is 46.5 Å². The number of fused-ring (bicyclic) bond motifs is 1. The number of allylic oxidation sites excluding steroid dienone is 3. The van der Waals surface area contributed by atoms with E-state index in [-0.39, 0.29) is 0 Å². The second-order valence-corrected chi connectivity index (χ2v) is 5.83. The van der Waals surface area contributed by atoms with Crippen LogP contribution in [0.4, 0.5) is 0 Å². The van der Waals surface area contributed by atoms with E-state index in [1.165, 1.54) is 31.3 Å². The molecule has 0 amide bonds. The zero-order chi connectivity index (χ0) is 11.0. The largest absolute Gasteiger partial charge is 0.0999 e. The van der Waals surface area contributed by atoms with Crippen molar-refractivity contribution in [3.05, 3.63) is 23.8 Å². The lowest BCUT2D eigenvalue weighted by atomic mass is 9.60. The van der Waals surface area contributed by atoms with Crippen molar-refractivity contribution < 1.29 is 0 Å². The second kappa shape index (κ2) is 4.15. The molecule has 1 fully saturated rings. The van der Waals surface area contributed by atoms with Gasteiger partial charge in [0, 0.05) is 0 Å². The average Bonchev–Trinajstić information content (AvgIpc) is 2.17. The normalized spacial score (nSPS) is 40.6. The van der Waals surface area contributed by atoms with Crippen LogP contribution in [-0.2, 0) is 0 Å². The lowest BCUT2D eigenvalue weighted by Gasteiger charge is -2.44. The summed E-state index contributed by atoms with van der Waals surface area (Å²) in [4.78, 5) is 0. The van der Waals surface area contributed by atoms with Crippen molar-refractivity contribution in [2.24, 2.45) is 23.7 Å². The van der Waals surface area contributed by atoms with E-state index in [1.54, 1.807) is 5.57 Å². The number of hydrogen-bond donors (Lipinski definition) is 0. The first-order valence-electron chi connectivity index (χ1n) is 6.40. The van der Waals surface area contributed by atoms with E-state index in [2.05, 4.69) is 33.4 Å². The van der Waals surface area contributed by atoms with Crippen LogP contribution in [0.1, 0.15) is 46.5 Å². The van der Waals surface area contributed by atoms with Gasteiger partial charge in [-0.1, -0.05) is 30.7 Å². The monoisotopic (exact) mass is 204 g/mol. The molecular weight excluding hydrogens is 180 g/mol. The summed E-state index contributed by atoms with van der Waals surface area (Å²) in [7, 11) is 0. The summed E-state index contributed by atoms with van der Waals surface area (Å²) in [6.45, 7) is 11.2. The molecule has 0 heterocycles. The fourth-order valence-electron chi connectivity index (χ4n) is 3.70. The quantitative estimate of drug-likeness (QED) is 0.548. The molecule has 0 aromatic heterocycles. The Bertz CT molecular complexity index is 284. The van der Waals surface area contributed by atoms with Crippen LogP contribution in [-0.4, -0.2) is 0 Å². The van der Waals surface area contributed by atoms with Gasteiger partial charge in [0.15, 0.2) is 0 Å². The van der Waals surface area contributed by atoms with Crippen LogP contribution in [0.3, 0.4) is 0 Å². The van der Waals surface area contributed by atoms with Gasteiger partial charge in [-0.2, -0.15) is 0 Å². The summed E-state index contributed by atoms with van der Waals surface area (Å²) in [5, 5.41) is 0. The first-order chi connectivity index (χ1) is 7.09. The van der Waals surface area contributed by atoms with E-state index in [9.17, 15) is 0 Å². The molecule has 0 spiro atoms. The van der Waals surface area contributed by atoms with Gasteiger partial charge in [-0.3, -0.25) is 0 Å². The molecule has 4 atom stereocenters. The Morgan fingerprint density at radius 1 is 1.33 bits per heavy atom. The van der Waals surface area contributed by atoms with E-state index >= 15 is 0 Å². The number of rotatable bonds is 1. The maximum atomic E-state index is 4.20. The molecule has 0 aliphatic heterocycles. The highest BCUT2D eigenvalue weighted by Crippen LogP contribution is 2.48. The van der Waals surface area contributed by atoms with Crippen LogP contribution < -0.4 is 0 Å². The third-order valence-corrected chi connectivity index (χ3v) is 4.66. The third kappa shape index (κ3) is 2.04. The molecule has 0 heteroatoms. The molecule has 2 aliphatic rings. The minimum Gasteiger partial charge on any atom is -0.0999 e. The lowest BCUT2D eigenvalue weighted by molar-refractivity contribution is 0.111. The molecular formula is C15H24. The molecule has 0 aromatic rings. The van der Waals surface area contributed by atoms with Crippen molar-refractivity contribution in [3.63, 3.8) is 0 Å². The van der Waals surface area contributed by atoms with Gasteiger partial charge in [-0.05, 0) is 63.2 Å². The summed E-state index contributed by atoms with van der Waals surface area (Å²) < 4.78 is 0. The van der Waals surface area contributed by atoms with Crippen molar-refractivity contribution in [1.82, 2.24) is 0 Å². The Kier molecular flexibility index (Phi) is 3.04. The predicted molar refractivity (Wildman–Crippen MR) is 66.7 cm³/mol. The fourth-order valence-corrected chi connectivity index (χ4v) is 3.70. The van der Waals surface area contributed by atoms with E-state index in [0.29, 0.717) is 0 Å². The van der Waals surface area contributed by atoms with Crippen LogP contribution in [0.2, 0.25) is 0 Å². The van der Waals surface area contributed by atoms with Crippen molar-refractivity contribution >= 4 is 0 Å². The molecule has 1 saturated carbocycles. The average molecular weight is 204 g/mol. The number of hydrogen-bond acceptors (Lipinski definition) is 0. The molecule has 0 bridgehead atoms. The van der Waals surface area contributed by atoms with E-state index in [4.69, 9.17) is 0 Å². The van der Waals surface area contributed by atoms with Gasteiger partial charge in [0.25, 0.3) is 0 Å². The molecule has 0 saturated heterocycles. The zero-order valence-corrected chi connectivity index (χ0v) is 10.4. The van der Waals surface area contributed by atoms with Crippen molar-refractivity contribution in [2.75, 3.05) is 0 Å². The lowest BCUT2D eigenvalue weighted by Crippen LogP contribution is -2.35. The van der Waals surface area contributed by atoms with Gasteiger partial charge < -0.3 is 0 Å². The molecule has 0 nitrogen and oxygen atoms in total. The van der Waals surface area contributed by atoms with E-state index < -0.39 is 0 Å². The minimum absolute atomic E-state index is 0.801. The molecule has 4 unspecified atom stereocenters. The molecule has 84 valence electrons. The zero-order valence-electron chi connectivity index (χ0n) is 10.4. The Morgan fingerprint density at radius 3 is 2.73 bits per heavy atom. The van der Waals surface area contributed by atoms with Crippen LogP contribution >= 0.6 is 0 Å². The summed E-state index contributed by atoms with van der Waals surface area (Å²) in [5.41, 5.74) is 3.03. The second-order valence-electron chi connectivity index (χ2n) is 5.83. The van der Waals surface area contributed by atoms with Crippen LogP contribution in [0, 0.1) is 23.7 Å².